The SMILES string of the molecule is Cc1ccc(-n2nc(C(=O)O)cc2CC(C)C)c(O)c1. The predicted molar refractivity (Wildman–Crippen MR) is 75.5 cm³/mol. The van der Waals surface area contributed by atoms with Crippen molar-refractivity contribution in [3.05, 3.63) is 41.2 Å². The first-order valence-electron chi connectivity index (χ1n) is 6.50. The van der Waals surface area contributed by atoms with E-state index in [1.54, 1.807) is 18.2 Å². The number of aromatic hydroxyl groups is 1. The number of nitrogens with zero attached hydrogens (tertiary/aromatic N) is 2. The number of aromatic nitrogens is 2. The number of rotatable bonds is 4. The van der Waals surface area contributed by atoms with Crippen LogP contribution in [-0.4, -0.2) is 26.0 Å². The van der Waals surface area contributed by atoms with Crippen LogP contribution in [0.3, 0.4) is 0 Å². The van der Waals surface area contributed by atoms with E-state index in [0.29, 0.717) is 18.0 Å². The summed E-state index contributed by atoms with van der Waals surface area (Å²) in [5.74, 6) is -0.616. The van der Waals surface area contributed by atoms with Gasteiger partial charge in [-0.25, -0.2) is 9.48 Å². The van der Waals surface area contributed by atoms with Crippen molar-refractivity contribution in [3.8, 4) is 11.4 Å². The molecule has 0 fully saturated rings. The number of carbonyl (C=O) groups is 1. The van der Waals surface area contributed by atoms with Gasteiger partial charge in [0.05, 0.1) is 0 Å². The number of carboxylic acids is 1. The molecule has 1 heterocycles. The first kappa shape index (κ1) is 14.1. The molecular weight excluding hydrogens is 256 g/mol. The fourth-order valence-corrected chi connectivity index (χ4v) is 2.11. The molecule has 0 radical (unpaired) electrons. The highest BCUT2D eigenvalue weighted by Crippen LogP contribution is 2.25. The highest BCUT2D eigenvalue weighted by molar-refractivity contribution is 5.85. The number of hydrogen-bond donors (Lipinski definition) is 2. The second kappa shape index (κ2) is 5.36. The van der Waals surface area contributed by atoms with Crippen molar-refractivity contribution < 1.29 is 15.0 Å². The van der Waals surface area contributed by atoms with Crippen LogP contribution in [0.2, 0.25) is 0 Å². The lowest BCUT2D eigenvalue weighted by molar-refractivity contribution is 0.0690. The molecule has 0 aliphatic rings. The van der Waals surface area contributed by atoms with Gasteiger partial charge in [0.1, 0.15) is 11.4 Å². The van der Waals surface area contributed by atoms with Gasteiger partial charge in [0, 0.05) is 5.69 Å². The van der Waals surface area contributed by atoms with Gasteiger partial charge in [-0.2, -0.15) is 5.10 Å². The van der Waals surface area contributed by atoms with E-state index in [1.807, 2.05) is 26.8 Å². The second-order valence-corrected chi connectivity index (χ2v) is 5.33. The molecule has 0 spiro atoms. The Hall–Kier alpha value is -2.30. The second-order valence-electron chi connectivity index (χ2n) is 5.33. The van der Waals surface area contributed by atoms with Crippen LogP contribution in [0.4, 0.5) is 0 Å². The molecule has 0 aliphatic carbocycles. The maximum absolute atomic E-state index is 11.1. The third-order valence-electron chi connectivity index (χ3n) is 2.98. The van der Waals surface area contributed by atoms with E-state index in [1.165, 1.54) is 4.68 Å². The zero-order chi connectivity index (χ0) is 14.9. The summed E-state index contributed by atoms with van der Waals surface area (Å²) >= 11 is 0. The van der Waals surface area contributed by atoms with E-state index in [9.17, 15) is 9.90 Å². The van der Waals surface area contributed by atoms with Crippen molar-refractivity contribution in [3.63, 3.8) is 0 Å². The maximum atomic E-state index is 11.1. The topological polar surface area (TPSA) is 75.4 Å². The van der Waals surface area contributed by atoms with Gasteiger partial charge in [-0.1, -0.05) is 19.9 Å². The van der Waals surface area contributed by atoms with Crippen molar-refractivity contribution in [2.75, 3.05) is 0 Å². The molecule has 1 aromatic carbocycles. The Kier molecular flexibility index (Phi) is 3.79. The van der Waals surface area contributed by atoms with Gasteiger partial charge in [0.2, 0.25) is 0 Å². The van der Waals surface area contributed by atoms with Gasteiger partial charge in [-0.3, -0.25) is 0 Å². The molecule has 0 atom stereocenters. The molecule has 2 aromatic rings. The molecule has 0 unspecified atom stereocenters. The summed E-state index contributed by atoms with van der Waals surface area (Å²) in [5, 5.41) is 23.2. The van der Waals surface area contributed by atoms with E-state index in [0.717, 1.165) is 11.3 Å². The minimum absolute atomic E-state index is 0.0133. The summed E-state index contributed by atoms with van der Waals surface area (Å²) in [6.45, 7) is 5.98. The Bertz CT molecular complexity index is 645. The van der Waals surface area contributed by atoms with Gasteiger partial charge >= 0.3 is 5.97 Å². The van der Waals surface area contributed by atoms with Crippen LogP contribution < -0.4 is 0 Å². The normalized spacial score (nSPS) is 11.0. The number of phenolic OH excluding ortho intramolecular Hbond substituents is 1. The van der Waals surface area contributed by atoms with E-state index < -0.39 is 5.97 Å². The highest BCUT2D eigenvalue weighted by Gasteiger charge is 2.17. The van der Waals surface area contributed by atoms with Crippen molar-refractivity contribution in [2.24, 2.45) is 5.92 Å². The molecule has 5 heteroatoms. The minimum Gasteiger partial charge on any atom is -0.506 e. The molecule has 0 aliphatic heterocycles. The average Bonchev–Trinajstić information content (AvgIpc) is 2.72. The summed E-state index contributed by atoms with van der Waals surface area (Å²) in [7, 11) is 0. The summed E-state index contributed by atoms with van der Waals surface area (Å²) in [5.41, 5.74) is 2.19. The molecule has 0 saturated carbocycles. The van der Waals surface area contributed by atoms with Crippen molar-refractivity contribution in [1.29, 1.82) is 0 Å². The number of phenols is 1. The van der Waals surface area contributed by atoms with Crippen LogP contribution in [0.5, 0.6) is 5.75 Å². The zero-order valence-corrected chi connectivity index (χ0v) is 11.8. The smallest absolute Gasteiger partial charge is 0.356 e. The molecule has 0 bridgehead atoms. The van der Waals surface area contributed by atoms with Gasteiger partial charge in [0.15, 0.2) is 5.69 Å². The van der Waals surface area contributed by atoms with Gasteiger partial charge in [-0.15, -0.1) is 0 Å². The Balaban J connectivity index is 2.55. The van der Waals surface area contributed by atoms with Crippen LogP contribution in [0.15, 0.2) is 24.3 Å². The van der Waals surface area contributed by atoms with Crippen molar-refractivity contribution in [1.82, 2.24) is 9.78 Å². The van der Waals surface area contributed by atoms with E-state index in [2.05, 4.69) is 5.10 Å². The Morgan fingerprint density at radius 2 is 2.05 bits per heavy atom. The van der Waals surface area contributed by atoms with E-state index in [-0.39, 0.29) is 11.4 Å². The quantitative estimate of drug-likeness (QED) is 0.899. The fourth-order valence-electron chi connectivity index (χ4n) is 2.11. The monoisotopic (exact) mass is 274 g/mol. The summed E-state index contributed by atoms with van der Waals surface area (Å²) < 4.78 is 1.51. The van der Waals surface area contributed by atoms with Crippen molar-refractivity contribution in [2.45, 2.75) is 27.2 Å². The van der Waals surface area contributed by atoms with Gasteiger partial charge in [0.25, 0.3) is 0 Å². The van der Waals surface area contributed by atoms with Crippen LogP contribution >= 0.6 is 0 Å². The number of aromatic carboxylic acids is 1. The molecule has 106 valence electrons. The fraction of sp³-hybridized carbons (Fsp3) is 0.333. The molecule has 0 amide bonds. The first-order valence-corrected chi connectivity index (χ1v) is 6.50. The van der Waals surface area contributed by atoms with E-state index >= 15 is 0 Å². The third kappa shape index (κ3) is 2.82. The Morgan fingerprint density at radius 3 is 2.60 bits per heavy atom. The van der Waals surface area contributed by atoms with Crippen LogP contribution in [0.25, 0.3) is 5.69 Å². The van der Waals surface area contributed by atoms with Crippen molar-refractivity contribution >= 4 is 5.97 Å². The highest BCUT2D eigenvalue weighted by atomic mass is 16.4. The molecule has 5 nitrogen and oxygen atoms in total. The number of carboxylic acid groups (broad SMARTS) is 1. The molecule has 2 rings (SSSR count). The molecular formula is C15H18N2O3. The maximum Gasteiger partial charge on any atom is 0.356 e. The largest absolute Gasteiger partial charge is 0.506 e. The van der Waals surface area contributed by atoms with Crippen LogP contribution in [0.1, 0.15) is 35.6 Å². The lowest BCUT2D eigenvalue weighted by Gasteiger charge is -2.11. The summed E-state index contributed by atoms with van der Waals surface area (Å²) in [4.78, 5) is 11.1. The number of benzene rings is 1. The molecule has 1 aromatic heterocycles. The Morgan fingerprint density at radius 1 is 1.35 bits per heavy atom. The van der Waals surface area contributed by atoms with Crippen LogP contribution in [0, 0.1) is 12.8 Å². The predicted octanol–water partition coefficient (Wildman–Crippen LogP) is 2.78. The lowest BCUT2D eigenvalue weighted by atomic mass is 10.1. The molecule has 0 saturated heterocycles. The van der Waals surface area contributed by atoms with E-state index in [4.69, 9.17) is 5.11 Å². The summed E-state index contributed by atoms with van der Waals surface area (Å²) in [6, 6.07) is 6.79. The summed E-state index contributed by atoms with van der Waals surface area (Å²) in [6.07, 6.45) is 0.688. The third-order valence-corrected chi connectivity index (χ3v) is 2.98. The molecule has 20 heavy (non-hydrogen) atoms. The van der Waals surface area contributed by atoms with Gasteiger partial charge in [-0.05, 0) is 43.0 Å². The Labute approximate surface area is 117 Å². The van der Waals surface area contributed by atoms with Crippen LogP contribution in [-0.2, 0) is 6.42 Å². The minimum atomic E-state index is -1.07. The average molecular weight is 274 g/mol. The number of hydrogen-bond acceptors (Lipinski definition) is 3. The number of aryl methyl sites for hydroxylation is 1. The lowest BCUT2D eigenvalue weighted by Crippen LogP contribution is -2.06. The first-order chi connectivity index (χ1) is 9.38. The zero-order valence-electron chi connectivity index (χ0n) is 11.8. The standard InChI is InChI=1S/C15H18N2O3/c1-9(2)6-11-8-12(15(19)20)16-17(11)13-5-4-10(3)7-14(13)18/h4-5,7-9,18H,6H2,1-3H3,(H,19,20). The molecule has 2 N–H and O–H groups in total. The van der Waals surface area contributed by atoms with Gasteiger partial charge < -0.3 is 10.2 Å².